The van der Waals surface area contributed by atoms with Gasteiger partial charge in [-0.1, -0.05) is 18.9 Å². The molecule has 1 fully saturated rings. The Morgan fingerprint density at radius 3 is 2.77 bits per heavy atom. The van der Waals surface area contributed by atoms with Crippen LogP contribution in [-0.2, 0) is 4.79 Å². The Bertz CT molecular complexity index is 961. The van der Waals surface area contributed by atoms with E-state index in [0.717, 1.165) is 36.4 Å². The highest BCUT2D eigenvalue weighted by atomic mass is 19.1. The predicted octanol–water partition coefficient (Wildman–Crippen LogP) is 5.03. The Hall–Kier alpha value is -2.76. The molecule has 4 nitrogen and oxygen atoms in total. The zero-order chi connectivity index (χ0) is 18.1. The highest BCUT2D eigenvalue weighted by Gasteiger charge is 2.19. The van der Waals surface area contributed by atoms with Crippen molar-refractivity contribution in [2.45, 2.75) is 32.1 Å². The van der Waals surface area contributed by atoms with Crippen molar-refractivity contribution < 1.29 is 13.6 Å². The van der Waals surface area contributed by atoms with Crippen LogP contribution >= 0.6 is 0 Å². The standard InChI is InChI=1S/C20H19F2N3O/c21-14-6-8-17(22)16(11-14)13-5-7-15-18(10-13)24-25-20(15)23-19(26)9-12-3-1-2-4-12/h5-8,10-12H,1-4,9H2,(H2,23,24,25,26). The number of rotatable bonds is 4. The van der Waals surface area contributed by atoms with Gasteiger partial charge in [-0.2, -0.15) is 5.10 Å². The molecule has 4 rings (SSSR count). The van der Waals surface area contributed by atoms with E-state index in [1.807, 2.05) is 0 Å². The van der Waals surface area contributed by atoms with E-state index in [9.17, 15) is 13.6 Å². The van der Waals surface area contributed by atoms with E-state index in [2.05, 4.69) is 15.5 Å². The normalized spacial score (nSPS) is 14.8. The number of aromatic amines is 1. The van der Waals surface area contributed by atoms with Gasteiger partial charge in [-0.05, 0) is 54.7 Å². The van der Waals surface area contributed by atoms with E-state index in [1.165, 1.54) is 12.8 Å². The number of benzene rings is 2. The Morgan fingerprint density at radius 1 is 1.15 bits per heavy atom. The van der Waals surface area contributed by atoms with Crippen molar-refractivity contribution in [2.75, 3.05) is 5.32 Å². The number of carbonyl (C=O) groups is 1. The summed E-state index contributed by atoms with van der Waals surface area (Å²) in [5.41, 5.74) is 1.39. The molecule has 1 aliphatic carbocycles. The third kappa shape index (κ3) is 3.31. The molecule has 1 heterocycles. The van der Waals surface area contributed by atoms with Gasteiger partial charge in [0.25, 0.3) is 0 Å². The molecule has 0 bridgehead atoms. The first kappa shape index (κ1) is 16.7. The maximum Gasteiger partial charge on any atom is 0.225 e. The Balaban J connectivity index is 1.57. The van der Waals surface area contributed by atoms with Crippen LogP contribution in [0.2, 0.25) is 0 Å². The highest BCUT2D eigenvalue weighted by molar-refractivity contribution is 6.00. The summed E-state index contributed by atoms with van der Waals surface area (Å²) in [5.74, 6) is -0.0936. The highest BCUT2D eigenvalue weighted by Crippen LogP contribution is 2.30. The van der Waals surface area contributed by atoms with Crippen molar-refractivity contribution in [3.05, 3.63) is 48.0 Å². The molecule has 0 aliphatic heterocycles. The molecule has 0 atom stereocenters. The van der Waals surface area contributed by atoms with Gasteiger partial charge in [0, 0.05) is 17.4 Å². The van der Waals surface area contributed by atoms with Gasteiger partial charge >= 0.3 is 0 Å². The smallest absolute Gasteiger partial charge is 0.225 e. The van der Waals surface area contributed by atoms with Gasteiger partial charge in [0.15, 0.2) is 5.82 Å². The molecule has 1 saturated carbocycles. The summed E-state index contributed by atoms with van der Waals surface area (Å²) in [6, 6.07) is 8.51. The molecule has 3 aromatic rings. The largest absolute Gasteiger partial charge is 0.309 e. The van der Waals surface area contributed by atoms with Crippen molar-refractivity contribution >= 4 is 22.6 Å². The lowest BCUT2D eigenvalue weighted by molar-refractivity contribution is -0.117. The molecule has 1 aromatic heterocycles. The first-order chi connectivity index (χ1) is 12.6. The molecule has 0 saturated heterocycles. The second-order valence-corrected chi connectivity index (χ2v) is 6.86. The third-order valence-electron chi connectivity index (χ3n) is 5.01. The molecule has 26 heavy (non-hydrogen) atoms. The second kappa shape index (κ2) is 6.86. The summed E-state index contributed by atoms with van der Waals surface area (Å²) in [5, 5.41) is 10.6. The number of anilines is 1. The lowest BCUT2D eigenvalue weighted by Gasteiger charge is -2.08. The van der Waals surface area contributed by atoms with Gasteiger partial charge in [-0.25, -0.2) is 8.78 Å². The van der Waals surface area contributed by atoms with Gasteiger partial charge < -0.3 is 5.32 Å². The minimum Gasteiger partial charge on any atom is -0.309 e. The molecule has 2 N–H and O–H groups in total. The fourth-order valence-electron chi connectivity index (χ4n) is 3.66. The lowest BCUT2D eigenvalue weighted by atomic mass is 10.0. The van der Waals surface area contributed by atoms with E-state index in [0.29, 0.717) is 29.2 Å². The monoisotopic (exact) mass is 355 g/mol. The quantitative estimate of drug-likeness (QED) is 0.690. The van der Waals surface area contributed by atoms with Crippen molar-refractivity contribution in [3.63, 3.8) is 0 Å². The van der Waals surface area contributed by atoms with E-state index in [4.69, 9.17) is 0 Å². The lowest BCUT2D eigenvalue weighted by Crippen LogP contribution is -2.15. The minimum atomic E-state index is -0.494. The summed E-state index contributed by atoms with van der Waals surface area (Å²) < 4.78 is 27.4. The van der Waals surface area contributed by atoms with E-state index < -0.39 is 11.6 Å². The van der Waals surface area contributed by atoms with Crippen LogP contribution in [0, 0.1) is 17.6 Å². The summed E-state index contributed by atoms with van der Waals surface area (Å²) in [6.07, 6.45) is 5.13. The second-order valence-electron chi connectivity index (χ2n) is 6.86. The Morgan fingerprint density at radius 2 is 1.96 bits per heavy atom. The van der Waals surface area contributed by atoms with Crippen LogP contribution in [0.4, 0.5) is 14.6 Å². The van der Waals surface area contributed by atoms with Crippen molar-refractivity contribution in [2.24, 2.45) is 5.92 Å². The molecule has 134 valence electrons. The maximum absolute atomic E-state index is 14.0. The summed E-state index contributed by atoms with van der Waals surface area (Å²) in [7, 11) is 0. The number of hydrogen-bond acceptors (Lipinski definition) is 2. The molecule has 2 aromatic carbocycles. The van der Waals surface area contributed by atoms with Crippen molar-refractivity contribution in [1.82, 2.24) is 10.2 Å². The number of carbonyl (C=O) groups excluding carboxylic acids is 1. The third-order valence-corrected chi connectivity index (χ3v) is 5.01. The number of hydrogen-bond donors (Lipinski definition) is 2. The molecule has 1 amide bonds. The molecular weight excluding hydrogens is 336 g/mol. The summed E-state index contributed by atoms with van der Waals surface area (Å²) in [6.45, 7) is 0. The fraction of sp³-hybridized carbons (Fsp3) is 0.300. The molecule has 0 spiro atoms. The van der Waals surface area contributed by atoms with Crippen LogP contribution in [0.25, 0.3) is 22.0 Å². The molecular formula is C20H19F2N3O. The fourth-order valence-corrected chi connectivity index (χ4v) is 3.66. The van der Waals surface area contributed by atoms with Crippen molar-refractivity contribution in [1.29, 1.82) is 0 Å². The molecule has 0 radical (unpaired) electrons. The topological polar surface area (TPSA) is 57.8 Å². The minimum absolute atomic E-state index is 0.0365. The average molecular weight is 355 g/mol. The first-order valence-electron chi connectivity index (χ1n) is 8.83. The van der Waals surface area contributed by atoms with Crippen molar-refractivity contribution in [3.8, 4) is 11.1 Å². The zero-order valence-electron chi connectivity index (χ0n) is 14.2. The molecule has 6 heteroatoms. The number of aromatic nitrogens is 2. The summed E-state index contributed by atoms with van der Waals surface area (Å²) in [4.78, 5) is 12.2. The van der Waals surface area contributed by atoms with Gasteiger partial charge in [0.2, 0.25) is 5.91 Å². The Kier molecular flexibility index (Phi) is 4.41. The van der Waals surface area contributed by atoms with Crippen LogP contribution in [0.3, 0.4) is 0 Å². The zero-order valence-corrected chi connectivity index (χ0v) is 14.2. The van der Waals surface area contributed by atoms with Gasteiger partial charge in [0.05, 0.1) is 5.52 Å². The van der Waals surface area contributed by atoms with Crippen LogP contribution in [0.15, 0.2) is 36.4 Å². The maximum atomic E-state index is 14.0. The Labute approximate surface area is 149 Å². The predicted molar refractivity (Wildman–Crippen MR) is 96.7 cm³/mol. The SMILES string of the molecule is O=C(CC1CCCC1)Nc1n[nH]c2cc(-c3cc(F)ccc3F)ccc12. The van der Waals surface area contributed by atoms with E-state index >= 15 is 0 Å². The van der Waals surface area contributed by atoms with Crippen LogP contribution in [-0.4, -0.2) is 16.1 Å². The number of amides is 1. The molecule has 1 aliphatic rings. The van der Waals surface area contributed by atoms with Crippen LogP contribution in [0.5, 0.6) is 0 Å². The number of halogens is 2. The van der Waals surface area contributed by atoms with Gasteiger partial charge in [0.1, 0.15) is 11.6 Å². The number of fused-ring (bicyclic) bond motifs is 1. The van der Waals surface area contributed by atoms with Gasteiger partial charge in [-0.3, -0.25) is 9.89 Å². The van der Waals surface area contributed by atoms with Crippen LogP contribution in [0.1, 0.15) is 32.1 Å². The first-order valence-corrected chi connectivity index (χ1v) is 8.83. The summed E-state index contributed by atoms with van der Waals surface area (Å²) >= 11 is 0. The number of nitrogens with zero attached hydrogens (tertiary/aromatic N) is 1. The number of nitrogens with one attached hydrogen (secondary N) is 2. The molecule has 0 unspecified atom stereocenters. The average Bonchev–Trinajstić information content (AvgIpc) is 3.27. The van der Waals surface area contributed by atoms with Crippen LogP contribution < -0.4 is 5.32 Å². The van der Waals surface area contributed by atoms with E-state index in [-0.39, 0.29) is 11.5 Å². The van der Waals surface area contributed by atoms with E-state index in [1.54, 1.807) is 18.2 Å². The van der Waals surface area contributed by atoms with Gasteiger partial charge in [-0.15, -0.1) is 0 Å². The number of H-pyrrole nitrogens is 1.